The Labute approximate surface area is 166 Å². The highest BCUT2D eigenvalue weighted by Crippen LogP contribution is 2.37. The van der Waals surface area contributed by atoms with Crippen LogP contribution in [0, 0.1) is 0 Å². The minimum Gasteiger partial charge on any atom is -0.442 e. The largest absolute Gasteiger partial charge is 0.442 e. The average Bonchev–Trinajstić information content (AvgIpc) is 3.28. The fourth-order valence-electron chi connectivity index (χ4n) is 3.49. The molecule has 152 valence electrons. The smallest absolute Gasteiger partial charge is 0.224 e. The van der Waals surface area contributed by atoms with E-state index >= 15 is 0 Å². The SMILES string of the molecule is CC(C)c1oc(C2CCCN2C(=O)CCNS(C)(=O)=O)nc1-c1ccccc1. The number of carbonyl (C=O) groups is 1. The summed E-state index contributed by atoms with van der Waals surface area (Å²) < 4.78 is 30.9. The molecule has 1 aliphatic heterocycles. The molecule has 8 heteroatoms. The number of amides is 1. The van der Waals surface area contributed by atoms with Crippen LogP contribution in [-0.4, -0.2) is 43.6 Å². The Morgan fingerprint density at radius 3 is 2.68 bits per heavy atom. The van der Waals surface area contributed by atoms with E-state index in [-0.39, 0.29) is 30.8 Å². The molecule has 1 atom stereocenters. The summed E-state index contributed by atoms with van der Waals surface area (Å²) in [6.07, 6.45) is 2.86. The summed E-state index contributed by atoms with van der Waals surface area (Å²) in [5.41, 5.74) is 1.82. The van der Waals surface area contributed by atoms with Crippen LogP contribution in [0.1, 0.15) is 56.7 Å². The van der Waals surface area contributed by atoms with Gasteiger partial charge in [-0.05, 0) is 12.8 Å². The summed E-state index contributed by atoms with van der Waals surface area (Å²) >= 11 is 0. The van der Waals surface area contributed by atoms with E-state index in [2.05, 4.69) is 18.6 Å². The van der Waals surface area contributed by atoms with Gasteiger partial charge in [0.2, 0.25) is 21.8 Å². The highest BCUT2D eigenvalue weighted by molar-refractivity contribution is 7.88. The van der Waals surface area contributed by atoms with Crippen molar-refractivity contribution < 1.29 is 17.6 Å². The van der Waals surface area contributed by atoms with Gasteiger partial charge in [0.05, 0.1) is 6.26 Å². The Hall–Kier alpha value is -2.19. The first-order valence-electron chi connectivity index (χ1n) is 9.56. The first-order valence-corrected chi connectivity index (χ1v) is 11.5. The van der Waals surface area contributed by atoms with Crippen molar-refractivity contribution >= 4 is 15.9 Å². The van der Waals surface area contributed by atoms with Gasteiger partial charge in [-0.25, -0.2) is 18.1 Å². The number of rotatable bonds is 7. The monoisotopic (exact) mass is 405 g/mol. The van der Waals surface area contributed by atoms with Gasteiger partial charge >= 0.3 is 0 Å². The van der Waals surface area contributed by atoms with E-state index in [0.29, 0.717) is 12.4 Å². The van der Waals surface area contributed by atoms with Crippen LogP contribution in [0.15, 0.2) is 34.7 Å². The van der Waals surface area contributed by atoms with Crippen LogP contribution in [-0.2, 0) is 14.8 Å². The van der Waals surface area contributed by atoms with Crippen molar-refractivity contribution in [1.29, 1.82) is 0 Å². The van der Waals surface area contributed by atoms with Gasteiger partial charge in [-0.15, -0.1) is 0 Å². The molecule has 0 bridgehead atoms. The molecule has 7 nitrogen and oxygen atoms in total. The highest BCUT2D eigenvalue weighted by Gasteiger charge is 2.34. The minimum atomic E-state index is -3.30. The van der Waals surface area contributed by atoms with Crippen LogP contribution in [0.4, 0.5) is 0 Å². The van der Waals surface area contributed by atoms with Gasteiger partial charge in [-0.2, -0.15) is 0 Å². The summed E-state index contributed by atoms with van der Waals surface area (Å²) in [7, 11) is -3.30. The van der Waals surface area contributed by atoms with Gasteiger partial charge in [0.15, 0.2) is 0 Å². The number of likely N-dealkylation sites (tertiary alicyclic amines) is 1. The van der Waals surface area contributed by atoms with Crippen molar-refractivity contribution in [2.45, 2.75) is 45.1 Å². The van der Waals surface area contributed by atoms with Gasteiger partial charge in [-0.1, -0.05) is 44.2 Å². The van der Waals surface area contributed by atoms with E-state index in [4.69, 9.17) is 9.40 Å². The van der Waals surface area contributed by atoms with Crippen LogP contribution < -0.4 is 4.72 Å². The zero-order valence-corrected chi connectivity index (χ0v) is 17.3. The summed E-state index contributed by atoms with van der Waals surface area (Å²) in [5, 5.41) is 0. The zero-order valence-electron chi connectivity index (χ0n) is 16.5. The minimum absolute atomic E-state index is 0.0933. The molecule has 2 heterocycles. The molecular weight excluding hydrogens is 378 g/mol. The molecule has 2 aromatic rings. The van der Waals surface area contributed by atoms with Crippen LogP contribution in [0.25, 0.3) is 11.3 Å². The molecule has 1 fully saturated rings. The van der Waals surface area contributed by atoms with E-state index in [1.54, 1.807) is 4.90 Å². The second kappa shape index (κ2) is 8.45. The van der Waals surface area contributed by atoms with Gasteiger partial charge in [0, 0.05) is 31.0 Å². The number of hydrogen-bond donors (Lipinski definition) is 1. The molecule has 1 aromatic carbocycles. The van der Waals surface area contributed by atoms with Crippen molar-refractivity contribution in [1.82, 2.24) is 14.6 Å². The predicted octanol–water partition coefficient (Wildman–Crippen LogP) is 3.07. The normalized spacial score (nSPS) is 17.4. The van der Waals surface area contributed by atoms with Crippen molar-refractivity contribution in [3.05, 3.63) is 42.0 Å². The van der Waals surface area contributed by atoms with Crippen molar-refractivity contribution in [3.8, 4) is 11.3 Å². The fraction of sp³-hybridized carbons (Fsp3) is 0.500. The van der Waals surface area contributed by atoms with E-state index in [0.717, 1.165) is 36.1 Å². The molecule has 3 rings (SSSR count). The average molecular weight is 406 g/mol. The lowest BCUT2D eigenvalue weighted by molar-refractivity contribution is -0.132. The molecule has 1 saturated heterocycles. The Balaban J connectivity index is 1.81. The molecular formula is C20H27N3O4S. The standard InChI is InChI=1S/C20H27N3O4S/c1-14(2)19-18(15-8-5-4-6-9-15)22-20(27-19)16-10-7-13-23(16)17(24)11-12-21-28(3,25)26/h4-6,8-9,14,16,21H,7,10-13H2,1-3H3. The van der Waals surface area contributed by atoms with E-state index in [1.165, 1.54) is 0 Å². The summed E-state index contributed by atoms with van der Waals surface area (Å²) in [4.78, 5) is 19.2. The topological polar surface area (TPSA) is 92.5 Å². The van der Waals surface area contributed by atoms with Crippen LogP contribution in [0.2, 0.25) is 0 Å². The predicted molar refractivity (Wildman–Crippen MR) is 107 cm³/mol. The molecule has 1 amide bonds. The second-order valence-electron chi connectivity index (χ2n) is 7.45. The van der Waals surface area contributed by atoms with Gasteiger partial charge in [-0.3, -0.25) is 4.79 Å². The Morgan fingerprint density at radius 1 is 1.32 bits per heavy atom. The molecule has 0 radical (unpaired) electrons. The number of hydrogen-bond acceptors (Lipinski definition) is 5. The number of oxazole rings is 1. The van der Waals surface area contributed by atoms with Crippen molar-refractivity contribution in [2.24, 2.45) is 0 Å². The molecule has 28 heavy (non-hydrogen) atoms. The highest BCUT2D eigenvalue weighted by atomic mass is 32.2. The number of benzene rings is 1. The summed E-state index contributed by atoms with van der Waals surface area (Å²) in [5.74, 6) is 1.45. The molecule has 0 saturated carbocycles. The van der Waals surface area contributed by atoms with E-state index < -0.39 is 10.0 Å². The number of nitrogens with zero attached hydrogens (tertiary/aromatic N) is 2. The Bertz CT molecular complexity index is 922. The Morgan fingerprint density at radius 2 is 2.04 bits per heavy atom. The van der Waals surface area contributed by atoms with Crippen molar-refractivity contribution in [2.75, 3.05) is 19.3 Å². The molecule has 1 N–H and O–H groups in total. The molecule has 1 aliphatic rings. The lowest BCUT2D eigenvalue weighted by Gasteiger charge is -2.22. The van der Waals surface area contributed by atoms with Gasteiger partial charge in [0.1, 0.15) is 17.5 Å². The number of sulfonamides is 1. The molecule has 1 unspecified atom stereocenters. The summed E-state index contributed by atoms with van der Waals surface area (Å²) in [6.45, 7) is 4.84. The number of carbonyl (C=O) groups excluding carboxylic acids is 1. The van der Waals surface area contributed by atoms with Crippen LogP contribution >= 0.6 is 0 Å². The number of nitrogens with one attached hydrogen (secondary N) is 1. The lowest BCUT2D eigenvalue weighted by atomic mass is 10.0. The quantitative estimate of drug-likeness (QED) is 0.764. The summed E-state index contributed by atoms with van der Waals surface area (Å²) in [6, 6.07) is 9.69. The maximum Gasteiger partial charge on any atom is 0.224 e. The molecule has 0 aliphatic carbocycles. The fourth-order valence-corrected chi connectivity index (χ4v) is 3.97. The van der Waals surface area contributed by atoms with Gasteiger partial charge in [0.25, 0.3) is 0 Å². The first kappa shape index (κ1) is 20.5. The van der Waals surface area contributed by atoms with Gasteiger partial charge < -0.3 is 9.32 Å². The number of aromatic nitrogens is 1. The van der Waals surface area contributed by atoms with E-state index in [9.17, 15) is 13.2 Å². The molecule has 1 aromatic heterocycles. The maximum absolute atomic E-state index is 12.6. The third-order valence-corrected chi connectivity index (χ3v) is 5.53. The van der Waals surface area contributed by atoms with Crippen molar-refractivity contribution in [3.63, 3.8) is 0 Å². The second-order valence-corrected chi connectivity index (χ2v) is 9.28. The third-order valence-electron chi connectivity index (χ3n) is 4.80. The van der Waals surface area contributed by atoms with E-state index in [1.807, 2.05) is 30.3 Å². The zero-order chi connectivity index (χ0) is 20.3. The molecule has 0 spiro atoms. The lowest BCUT2D eigenvalue weighted by Crippen LogP contribution is -2.34. The first-order chi connectivity index (χ1) is 13.3. The van der Waals surface area contributed by atoms with Crippen LogP contribution in [0.5, 0.6) is 0 Å². The maximum atomic E-state index is 12.6. The van der Waals surface area contributed by atoms with Crippen LogP contribution in [0.3, 0.4) is 0 Å². The third kappa shape index (κ3) is 4.80. The Kier molecular flexibility index (Phi) is 6.20.